The lowest BCUT2D eigenvalue weighted by Crippen LogP contribution is -2.50. The fourth-order valence-corrected chi connectivity index (χ4v) is 10.9. The first-order valence-corrected chi connectivity index (χ1v) is 22.9. The van der Waals surface area contributed by atoms with E-state index in [-0.39, 0.29) is 34.5 Å². The third-order valence-electron chi connectivity index (χ3n) is 14.3. The number of fused-ring (bicyclic) bond motifs is 5. The lowest BCUT2D eigenvalue weighted by molar-refractivity contribution is -0.151. The molecule has 7 heteroatoms. The quantitative estimate of drug-likeness (QED) is 0.0611. The van der Waals surface area contributed by atoms with Gasteiger partial charge in [0.1, 0.15) is 6.10 Å². The molecule has 0 aromatic carbocycles. The number of esters is 1. The molecule has 0 aliphatic heterocycles. The van der Waals surface area contributed by atoms with E-state index < -0.39 is 0 Å². The van der Waals surface area contributed by atoms with Gasteiger partial charge in [-0.3, -0.25) is 9.59 Å². The molecular weight excluding hydrogens is 669 g/mol. The van der Waals surface area contributed by atoms with Gasteiger partial charge in [-0.25, -0.2) is 0 Å². The highest BCUT2D eigenvalue weighted by molar-refractivity contribution is 5.77. The van der Waals surface area contributed by atoms with Crippen molar-refractivity contribution in [2.75, 3.05) is 26.2 Å². The highest BCUT2D eigenvalue weighted by Gasteiger charge is 2.58. The number of rotatable bonds is 21. The maximum atomic E-state index is 13.3. The topological polar surface area (TPSA) is 111 Å². The van der Waals surface area contributed by atoms with Crippen molar-refractivity contribution in [1.82, 2.24) is 10.2 Å². The molecule has 0 heterocycles. The number of amides is 1. The summed E-state index contributed by atoms with van der Waals surface area (Å²) in [4.78, 5) is 28.3. The summed E-state index contributed by atoms with van der Waals surface area (Å²) in [5.74, 6) is 4.20. The van der Waals surface area contributed by atoms with Crippen molar-refractivity contribution >= 4 is 11.9 Å². The number of ether oxygens (including phenoxy) is 1. The molecule has 7 nitrogen and oxygen atoms in total. The summed E-state index contributed by atoms with van der Waals surface area (Å²) >= 11 is 0. The summed E-state index contributed by atoms with van der Waals surface area (Å²) in [6.45, 7) is 25.3. The van der Waals surface area contributed by atoms with Crippen LogP contribution in [-0.4, -0.2) is 60.1 Å². The number of nitrogens with one attached hydrogen (secondary N) is 1. The van der Waals surface area contributed by atoms with Gasteiger partial charge in [-0.1, -0.05) is 72.5 Å². The summed E-state index contributed by atoms with van der Waals surface area (Å²) in [6, 6.07) is 0. The zero-order valence-electron chi connectivity index (χ0n) is 37.1. The SMILES string of the molecule is CC.CC(C)CCCCC1CCC2C3CC=C4CC(OC(=O)CCCC(=O)N(CCCCNCCC(C)(C)N)CCC(C)(C)N)CCC4(C)C3CCC12C. The second kappa shape index (κ2) is 21.4. The molecule has 3 saturated carbocycles. The molecule has 7 unspecified atom stereocenters. The Labute approximate surface area is 333 Å². The number of allylic oxidation sites excluding steroid dienone is 1. The zero-order valence-corrected chi connectivity index (χ0v) is 37.1. The predicted octanol–water partition coefficient (Wildman–Crippen LogP) is 10.3. The van der Waals surface area contributed by atoms with Gasteiger partial charge in [0.25, 0.3) is 0 Å². The first kappa shape index (κ1) is 46.9. The van der Waals surface area contributed by atoms with E-state index in [0.717, 1.165) is 94.2 Å². The normalized spacial score (nSPS) is 29.4. The first-order chi connectivity index (χ1) is 25.4. The Hall–Kier alpha value is -1.44. The van der Waals surface area contributed by atoms with Crippen LogP contribution in [0.1, 0.15) is 191 Å². The largest absolute Gasteiger partial charge is 0.462 e. The highest BCUT2D eigenvalue weighted by atomic mass is 16.5. The minimum atomic E-state index is -0.326. The van der Waals surface area contributed by atoms with Crippen molar-refractivity contribution in [2.24, 2.45) is 51.9 Å². The number of carbonyl (C=O) groups is 2. The van der Waals surface area contributed by atoms with E-state index in [1.807, 2.05) is 46.4 Å². The monoisotopic (exact) mass is 757 g/mol. The zero-order chi connectivity index (χ0) is 40.2. The summed E-state index contributed by atoms with van der Waals surface area (Å²) in [5, 5.41) is 3.47. The van der Waals surface area contributed by atoms with E-state index >= 15 is 0 Å². The molecule has 0 bridgehead atoms. The molecule has 4 rings (SSSR count). The molecule has 7 atom stereocenters. The Bertz CT molecular complexity index is 1170. The van der Waals surface area contributed by atoms with Crippen LogP contribution in [0, 0.1) is 40.4 Å². The number of carbonyl (C=O) groups excluding carboxylic acids is 2. The Morgan fingerprint density at radius 1 is 0.870 bits per heavy atom. The lowest BCUT2D eigenvalue weighted by Gasteiger charge is -2.58. The highest BCUT2D eigenvalue weighted by Crippen LogP contribution is 2.66. The summed E-state index contributed by atoms with van der Waals surface area (Å²) in [7, 11) is 0. The molecule has 4 aliphatic rings. The van der Waals surface area contributed by atoms with E-state index in [1.165, 1.54) is 57.8 Å². The fraction of sp³-hybridized carbons (Fsp3) is 0.915. The molecule has 3 fully saturated rings. The van der Waals surface area contributed by atoms with Crippen LogP contribution in [0.25, 0.3) is 0 Å². The summed E-state index contributed by atoms with van der Waals surface area (Å²) in [5.41, 5.74) is 14.2. The molecule has 0 spiro atoms. The predicted molar refractivity (Wildman–Crippen MR) is 228 cm³/mol. The average molecular weight is 757 g/mol. The molecule has 5 N–H and O–H groups in total. The molecular formula is C47H88N4O3. The van der Waals surface area contributed by atoms with E-state index in [4.69, 9.17) is 16.2 Å². The fourth-order valence-electron chi connectivity index (χ4n) is 10.9. The van der Waals surface area contributed by atoms with E-state index in [1.54, 1.807) is 5.57 Å². The van der Waals surface area contributed by atoms with Crippen molar-refractivity contribution in [1.29, 1.82) is 0 Å². The number of unbranched alkanes of at least 4 members (excludes halogenated alkanes) is 2. The van der Waals surface area contributed by atoms with Crippen molar-refractivity contribution in [2.45, 2.75) is 208 Å². The van der Waals surface area contributed by atoms with Crippen LogP contribution in [-0.2, 0) is 14.3 Å². The molecule has 0 saturated heterocycles. The molecule has 314 valence electrons. The van der Waals surface area contributed by atoms with Gasteiger partial charge < -0.3 is 26.4 Å². The second-order valence-electron chi connectivity index (χ2n) is 20.3. The lowest BCUT2D eigenvalue weighted by atomic mass is 9.47. The average Bonchev–Trinajstić information content (AvgIpc) is 3.43. The maximum absolute atomic E-state index is 13.3. The van der Waals surface area contributed by atoms with Crippen molar-refractivity contribution in [3.63, 3.8) is 0 Å². The standard InChI is InChI=1S/C45H82N4O3.C2H6/c1-33(2)14-9-10-15-34-19-21-38-37-20-18-35-32-36(22-24-45(35,8)39(37)23-25-44(34,38)7)52-41(51)17-13-16-40(50)49(31-27-43(5,6)47)30-12-11-28-48-29-26-42(3,4)46;1-2/h18,33-34,36-39,48H,9-17,19-32,46-47H2,1-8H3;1-2H3. The number of hydrogen-bond donors (Lipinski definition) is 3. The Balaban J connectivity index is 0.00000385. The Morgan fingerprint density at radius 2 is 1.59 bits per heavy atom. The minimum absolute atomic E-state index is 0.0255. The third kappa shape index (κ3) is 13.9. The number of nitrogens with two attached hydrogens (primary N) is 2. The Kier molecular flexibility index (Phi) is 18.6. The maximum Gasteiger partial charge on any atom is 0.306 e. The smallest absolute Gasteiger partial charge is 0.306 e. The van der Waals surface area contributed by atoms with Gasteiger partial charge in [0.2, 0.25) is 5.91 Å². The number of nitrogens with zero attached hydrogens (tertiary/aromatic N) is 1. The summed E-state index contributed by atoms with van der Waals surface area (Å²) in [6.07, 6.45) is 22.9. The first-order valence-electron chi connectivity index (χ1n) is 22.9. The summed E-state index contributed by atoms with van der Waals surface area (Å²) < 4.78 is 6.11. The second-order valence-corrected chi connectivity index (χ2v) is 20.3. The molecule has 0 aromatic rings. The molecule has 54 heavy (non-hydrogen) atoms. The van der Waals surface area contributed by atoms with E-state index in [9.17, 15) is 9.59 Å². The van der Waals surface area contributed by atoms with Crippen LogP contribution in [0.3, 0.4) is 0 Å². The van der Waals surface area contributed by atoms with E-state index in [0.29, 0.717) is 31.2 Å². The van der Waals surface area contributed by atoms with Crippen LogP contribution in [0.4, 0.5) is 0 Å². The van der Waals surface area contributed by atoms with Gasteiger partial charge in [0, 0.05) is 43.4 Å². The molecule has 0 radical (unpaired) electrons. The molecule has 1 amide bonds. The molecule has 4 aliphatic carbocycles. The third-order valence-corrected chi connectivity index (χ3v) is 14.3. The van der Waals surface area contributed by atoms with Gasteiger partial charge in [0.15, 0.2) is 0 Å². The van der Waals surface area contributed by atoms with Gasteiger partial charge in [-0.05, 0) is 165 Å². The number of hydrogen-bond acceptors (Lipinski definition) is 6. The van der Waals surface area contributed by atoms with Crippen LogP contribution < -0.4 is 16.8 Å². The Morgan fingerprint density at radius 3 is 2.28 bits per heavy atom. The van der Waals surface area contributed by atoms with Gasteiger partial charge in [-0.15, -0.1) is 0 Å². The van der Waals surface area contributed by atoms with Gasteiger partial charge >= 0.3 is 5.97 Å². The minimum Gasteiger partial charge on any atom is -0.462 e. The van der Waals surface area contributed by atoms with Crippen molar-refractivity contribution in [3.05, 3.63) is 11.6 Å². The van der Waals surface area contributed by atoms with Gasteiger partial charge in [0.05, 0.1) is 0 Å². The van der Waals surface area contributed by atoms with Crippen LogP contribution in [0.5, 0.6) is 0 Å². The van der Waals surface area contributed by atoms with E-state index in [2.05, 4.69) is 39.1 Å². The van der Waals surface area contributed by atoms with Crippen LogP contribution >= 0.6 is 0 Å². The molecule has 0 aromatic heterocycles. The van der Waals surface area contributed by atoms with Gasteiger partial charge in [-0.2, -0.15) is 0 Å². The van der Waals surface area contributed by atoms with Crippen LogP contribution in [0.2, 0.25) is 0 Å². The van der Waals surface area contributed by atoms with Crippen molar-refractivity contribution < 1.29 is 14.3 Å². The van der Waals surface area contributed by atoms with Crippen molar-refractivity contribution in [3.8, 4) is 0 Å². The van der Waals surface area contributed by atoms with Crippen LogP contribution in [0.15, 0.2) is 11.6 Å².